The maximum atomic E-state index is 14.3. The lowest BCUT2D eigenvalue weighted by Crippen LogP contribution is -2.37. The molecule has 0 aliphatic carbocycles. The number of methoxy groups -OCH3 is 2. The van der Waals surface area contributed by atoms with Gasteiger partial charge in [-0.15, -0.1) is 0 Å². The first-order valence-corrected chi connectivity index (χ1v) is 15.8. The van der Waals surface area contributed by atoms with Gasteiger partial charge in [-0.05, 0) is 0 Å². The molecule has 0 aromatic carbocycles. The largest absolute Gasteiger partial charge is 0.436 e. The molecule has 4 aromatic heterocycles. The van der Waals surface area contributed by atoms with Gasteiger partial charge in [0.2, 0.25) is 0 Å². The molecule has 0 bridgehead atoms. The van der Waals surface area contributed by atoms with Crippen LogP contribution in [0.25, 0.3) is 22.3 Å². The number of hydrogen-bond acceptors (Lipinski definition) is 16. The van der Waals surface area contributed by atoms with E-state index in [2.05, 4.69) is 35.0 Å². The Morgan fingerprint density at radius 3 is 1.98 bits per heavy atom. The molecule has 3 unspecified atom stereocenters. The number of imidazole rings is 2. The van der Waals surface area contributed by atoms with E-state index in [-0.39, 0.29) is 31.3 Å². The van der Waals surface area contributed by atoms with E-state index in [1.807, 2.05) is 0 Å². The van der Waals surface area contributed by atoms with E-state index in [1.165, 1.54) is 52.2 Å². The Balaban J connectivity index is 1.20. The van der Waals surface area contributed by atoms with Crippen molar-refractivity contribution in [3.63, 3.8) is 0 Å². The van der Waals surface area contributed by atoms with E-state index < -0.39 is 50.6 Å². The minimum absolute atomic E-state index is 0.0959. The molecule has 7 atom stereocenters. The van der Waals surface area contributed by atoms with Crippen molar-refractivity contribution < 1.29 is 37.4 Å². The van der Waals surface area contributed by atoms with Gasteiger partial charge in [-0.25, -0.2) is 44.4 Å². The summed E-state index contributed by atoms with van der Waals surface area (Å²) in [5.74, 6) is 0.458. The zero-order valence-electron chi connectivity index (χ0n) is 25.5. The van der Waals surface area contributed by atoms with Gasteiger partial charge in [0.15, 0.2) is 22.9 Å². The van der Waals surface area contributed by atoms with Crippen LogP contribution >= 0.6 is 7.75 Å². The highest BCUT2D eigenvalue weighted by Gasteiger charge is 2.45. The number of fused-ring (bicyclic) bond motifs is 2. The molecule has 5 N–H and O–H groups in total. The standard InChI is InChI=1S/C25H35N12O8P/c1-35(2)25(38)34-46(39,42-8-16-13(41-4)5-17(44-16)36-11-32-19-21(26)28-9-30-23(19)36)45-14-6-18(43-15(14)7-40-3)37-12-33-20-22(27)29-10-31-24(20)37/h9-18H,5-8H2,1-4H3,(H2,26,28,30)(H2,27,29,31)(H,34,38,39)/t13-,14-,15?,16?,17-,18-,46?/m1/s1. The maximum absolute atomic E-state index is 14.3. The lowest BCUT2D eigenvalue weighted by Gasteiger charge is -2.27. The Kier molecular flexibility index (Phi) is 9.01. The molecule has 2 aliphatic heterocycles. The summed E-state index contributed by atoms with van der Waals surface area (Å²) in [6.45, 7) is -0.156. The van der Waals surface area contributed by atoms with Crippen molar-refractivity contribution in [2.75, 3.05) is 53.0 Å². The highest BCUT2D eigenvalue weighted by Crippen LogP contribution is 2.50. The number of amides is 2. The van der Waals surface area contributed by atoms with E-state index in [0.29, 0.717) is 28.7 Å². The topological polar surface area (TPSA) is 244 Å². The first-order chi connectivity index (χ1) is 22.1. The van der Waals surface area contributed by atoms with Gasteiger partial charge in [-0.1, -0.05) is 0 Å². The molecule has 2 saturated heterocycles. The van der Waals surface area contributed by atoms with Crippen LogP contribution in [0.5, 0.6) is 0 Å². The van der Waals surface area contributed by atoms with Gasteiger partial charge in [0.1, 0.15) is 54.5 Å². The van der Waals surface area contributed by atoms with Crippen molar-refractivity contribution in [2.45, 2.75) is 49.7 Å². The molecular weight excluding hydrogens is 627 g/mol. The highest BCUT2D eigenvalue weighted by atomic mass is 31.2. The van der Waals surface area contributed by atoms with Gasteiger partial charge >= 0.3 is 13.8 Å². The van der Waals surface area contributed by atoms with Gasteiger partial charge < -0.3 is 35.3 Å². The molecule has 6 heterocycles. The average molecular weight is 663 g/mol. The molecule has 20 nitrogen and oxygen atoms in total. The maximum Gasteiger partial charge on any atom is 0.436 e. The van der Waals surface area contributed by atoms with Crippen LogP contribution in [0.3, 0.4) is 0 Å². The quantitative estimate of drug-likeness (QED) is 0.188. The predicted octanol–water partition coefficient (Wildman–Crippen LogP) is 0.848. The third-order valence-electron chi connectivity index (χ3n) is 7.71. The summed E-state index contributed by atoms with van der Waals surface area (Å²) >= 11 is 0. The molecular formula is C25H35N12O8P. The Labute approximate surface area is 262 Å². The number of rotatable bonds is 11. The van der Waals surface area contributed by atoms with Crippen LogP contribution in [0, 0.1) is 0 Å². The van der Waals surface area contributed by atoms with Gasteiger partial charge in [0, 0.05) is 41.2 Å². The average Bonchev–Trinajstić information content (AvgIpc) is 3.82. The summed E-state index contributed by atoms with van der Waals surface area (Å²) in [6, 6.07) is -0.689. The molecule has 21 heteroatoms. The fraction of sp³-hybridized carbons (Fsp3) is 0.560. The second kappa shape index (κ2) is 13.0. The molecule has 6 rings (SSSR count). The van der Waals surface area contributed by atoms with Crippen LogP contribution in [0.2, 0.25) is 0 Å². The van der Waals surface area contributed by atoms with Crippen molar-refractivity contribution in [2.24, 2.45) is 0 Å². The molecule has 2 fully saturated rings. The monoisotopic (exact) mass is 662 g/mol. The van der Waals surface area contributed by atoms with Crippen LogP contribution in [0.4, 0.5) is 16.4 Å². The van der Waals surface area contributed by atoms with Crippen molar-refractivity contribution in [3.8, 4) is 0 Å². The van der Waals surface area contributed by atoms with Crippen molar-refractivity contribution >= 4 is 47.7 Å². The molecule has 0 spiro atoms. The van der Waals surface area contributed by atoms with Crippen LogP contribution < -0.4 is 16.6 Å². The fourth-order valence-corrected chi connectivity index (χ4v) is 6.92. The first kappa shape index (κ1) is 31.9. The van der Waals surface area contributed by atoms with Crippen LogP contribution in [-0.4, -0.2) is 116 Å². The number of ether oxygens (including phenoxy) is 4. The van der Waals surface area contributed by atoms with Crippen LogP contribution in [0.15, 0.2) is 25.3 Å². The second-order valence-electron chi connectivity index (χ2n) is 10.9. The summed E-state index contributed by atoms with van der Waals surface area (Å²) < 4.78 is 53.1. The lowest BCUT2D eigenvalue weighted by molar-refractivity contribution is -0.0587. The Hall–Kier alpha value is -4.04. The second-order valence-corrected chi connectivity index (χ2v) is 12.6. The Morgan fingerprint density at radius 1 is 0.913 bits per heavy atom. The number of carbonyl (C=O) groups is 1. The number of carbonyl (C=O) groups excluding carboxylic acids is 1. The summed E-state index contributed by atoms with van der Waals surface area (Å²) in [4.78, 5) is 39.1. The number of nitrogens with one attached hydrogen (secondary N) is 1. The summed E-state index contributed by atoms with van der Waals surface area (Å²) in [5, 5.41) is 2.40. The van der Waals surface area contributed by atoms with E-state index in [9.17, 15) is 9.36 Å². The first-order valence-electron chi connectivity index (χ1n) is 14.2. The zero-order chi connectivity index (χ0) is 32.6. The van der Waals surface area contributed by atoms with E-state index >= 15 is 0 Å². The van der Waals surface area contributed by atoms with E-state index in [0.717, 1.165) is 0 Å². The third kappa shape index (κ3) is 6.19. The summed E-state index contributed by atoms with van der Waals surface area (Å²) in [6.07, 6.45) is 2.44. The predicted molar refractivity (Wildman–Crippen MR) is 160 cm³/mol. The number of nitrogens with zero attached hydrogens (tertiary/aromatic N) is 9. The zero-order valence-corrected chi connectivity index (χ0v) is 26.4. The van der Waals surface area contributed by atoms with E-state index in [4.69, 9.17) is 39.5 Å². The fourth-order valence-electron chi connectivity index (χ4n) is 5.38. The normalized spacial score (nSPS) is 26.1. The van der Waals surface area contributed by atoms with Crippen molar-refractivity contribution in [3.05, 3.63) is 25.3 Å². The van der Waals surface area contributed by atoms with Crippen molar-refractivity contribution in [1.82, 2.24) is 49.0 Å². The number of urea groups is 1. The van der Waals surface area contributed by atoms with Gasteiger partial charge in [0.05, 0.1) is 32.0 Å². The van der Waals surface area contributed by atoms with Crippen molar-refractivity contribution in [1.29, 1.82) is 0 Å². The van der Waals surface area contributed by atoms with Gasteiger partial charge in [-0.3, -0.25) is 18.2 Å². The summed E-state index contributed by atoms with van der Waals surface area (Å²) in [5.41, 5.74) is 13.7. The molecule has 248 valence electrons. The smallest absolute Gasteiger partial charge is 0.382 e. The molecule has 46 heavy (non-hydrogen) atoms. The number of hydrogen-bond donors (Lipinski definition) is 3. The number of anilines is 2. The molecule has 0 saturated carbocycles. The van der Waals surface area contributed by atoms with E-state index in [1.54, 1.807) is 15.5 Å². The number of nitrogens with two attached hydrogens (primary N) is 2. The number of aromatic nitrogens is 8. The number of nitrogen functional groups attached to an aromatic ring is 2. The molecule has 2 aliphatic rings. The molecule has 4 aromatic rings. The minimum atomic E-state index is -4.35. The molecule has 2 amide bonds. The summed E-state index contributed by atoms with van der Waals surface area (Å²) in [7, 11) is 1.67. The minimum Gasteiger partial charge on any atom is -0.382 e. The van der Waals surface area contributed by atoms with Crippen LogP contribution in [-0.2, 0) is 32.6 Å². The third-order valence-corrected chi connectivity index (χ3v) is 9.21. The molecule has 0 radical (unpaired) electrons. The van der Waals surface area contributed by atoms with Gasteiger partial charge in [-0.2, -0.15) is 0 Å². The highest BCUT2D eigenvalue weighted by molar-refractivity contribution is 7.52. The van der Waals surface area contributed by atoms with Crippen LogP contribution in [0.1, 0.15) is 25.3 Å². The van der Waals surface area contributed by atoms with Gasteiger partial charge in [0.25, 0.3) is 0 Å². The SMILES string of the molecule is COCC1O[C@@H](n2cnc3c(N)ncnc32)C[C@H]1OP(=O)(NC(=O)N(C)C)OCC1O[C@@H](n2cnc3c(N)ncnc32)C[C@H]1OC. The lowest BCUT2D eigenvalue weighted by atomic mass is 10.2. The Morgan fingerprint density at radius 2 is 1.46 bits per heavy atom. The Bertz CT molecular complexity index is 1750.